The number of methoxy groups -OCH3 is 1. The van der Waals surface area contributed by atoms with Gasteiger partial charge in [0.2, 0.25) is 0 Å². The Balaban J connectivity index is 2.74. The van der Waals surface area contributed by atoms with Crippen molar-refractivity contribution < 1.29 is 19.7 Å². The van der Waals surface area contributed by atoms with Crippen molar-refractivity contribution in [2.75, 3.05) is 7.11 Å². The van der Waals surface area contributed by atoms with E-state index in [0.29, 0.717) is 11.3 Å². The molecule has 0 amide bonds. The topological polar surface area (TPSA) is 84.1 Å². The van der Waals surface area contributed by atoms with Crippen molar-refractivity contribution in [1.82, 2.24) is 9.38 Å². The number of carboxylic acids is 1. The Bertz CT molecular complexity index is 547. The number of aliphatic hydroxyl groups is 1. The van der Waals surface area contributed by atoms with Gasteiger partial charge in [-0.25, -0.2) is 9.78 Å². The van der Waals surface area contributed by atoms with Gasteiger partial charge in [-0.2, -0.15) is 0 Å². The summed E-state index contributed by atoms with van der Waals surface area (Å²) in [6, 6.07) is 3.24. The van der Waals surface area contributed by atoms with Gasteiger partial charge in [-0.1, -0.05) is 0 Å². The molecular weight excluding hydrogens is 212 g/mol. The first-order valence-electron chi connectivity index (χ1n) is 4.56. The van der Waals surface area contributed by atoms with Crippen LogP contribution >= 0.6 is 0 Å². The van der Waals surface area contributed by atoms with Gasteiger partial charge in [0.05, 0.1) is 18.8 Å². The third kappa shape index (κ3) is 1.49. The maximum atomic E-state index is 10.9. The minimum Gasteiger partial charge on any atom is -0.495 e. The molecule has 2 rings (SSSR count). The van der Waals surface area contributed by atoms with Crippen LogP contribution in [0.25, 0.3) is 5.52 Å². The van der Waals surface area contributed by atoms with E-state index in [2.05, 4.69) is 4.98 Å². The van der Waals surface area contributed by atoms with E-state index in [4.69, 9.17) is 14.9 Å². The number of imidazole rings is 1. The molecule has 0 radical (unpaired) electrons. The molecule has 0 unspecified atom stereocenters. The monoisotopic (exact) mass is 222 g/mol. The van der Waals surface area contributed by atoms with Crippen molar-refractivity contribution in [1.29, 1.82) is 0 Å². The van der Waals surface area contributed by atoms with Crippen molar-refractivity contribution >= 4 is 11.5 Å². The van der Waals surface area contributed by atoms with E-state index in [9.17, 15) is 4.79 Å². The molecule has 6 heteroatoms. The summed E-state index contributed by atoms with van der Waals surface area (Å²) in [6.07, 6.45) is 1.58. The number of pyridine rings is 1. The first-order chi connectivity index (χ1) is 7.67. The molecule has 2 heterocycles. The molecule has 84 valence electrons. The van der Waals surface area contributed by atoms with Crippen LogP contribution in [0.4, 0.5) is 0 Å². The third-order valence-corrected chi connectivity index (χ3v) is 2.26. The molecule has 0 aliphatic carbocycles. The fourth-order valence-electron chi connectivity index (χ4n) is 1.52. The van der Waals surface area contributed by atoms with E-state index in [1.165, 1.54) is 11.5 Å². The predicted octanol–water partition coefficient (Wildman–Crippen LogP) is 0.533. The fourth-order valence-corrected chi connectivity index (χ4v) is 1.52. The lowest BCUT2D eigenvalue weighted by molar-refractivity contribution is 0.0693. The second-order valence-electron chi connectivity index (χ2n) is 3.16. The number of aromatic carboxylic acids is 1. The van der Waals surface area contributed by atoms with Gasteiger partial charge in [0.15, 0.2) is 5.69 Å². The van der Waals surface area contributed by atoms with E-state index in [1.807, 2.05) is 0 Å². The molecule has 0 aliphatic heterocycles. The normalized spacial score (nSPS) is 10.6. The number of carboxylic acid groups (broad SMARTS) is 1. The molecule has 0 aromatic carbocycles. The second-order valence-corrected chi connectivity index (χ2v) is 3.16. The van der Waals surface area contributed by atoms with Gasteiger partial charge in [-0.3, -0.25) is 4.40 Å². The quantitative estimate of drug-likeness (QED) is 0.791. The highest BCUT2D eigenvalue weighted by molar-refractivity contribution is 5.93. The highest BCUT2D eigenvalue weighted by atomic mass is 16.5. The smallest absolute Gasteiger partial charge is 0.356 e. The first kappa shape index (κ1) is 10.4. The van der Waals surface area contributed by atoms with Crippen molar-refractivity contribution in [2.45, 2.75) is 6.61 Å². The summed E-state index contributed by atoms with van der Waals surface area (Å²) in [7, 11) is 1.51. The van der Waals surface area contributed by atoms with Gasteiger partial charge in [0.1, 0.15) is 18.2 Å². The number of ether oxygens (including phenoxy) is 1. The average molecular weight is 222 g/mol. The number of aromatic nitrogens is 2. The Morgan fingerprint density at radius 2 is 2.31 bits per heavy atom. The summed E-state index contributed by atoms with van der Waals surface area (Å²) in [6.45, 7) is -0.332. The first-order valence-corrected chi connectivity index (χ1v) is 4.56. The van der Waals surface area contributed by atoms with Crippen LogP contribution in [0.2, 0.25) is 0 Å². The van der Waals surface area contributed by atoms with Crippen molar-refractivity contribution in [2.24, 2.45) is 0 Å². The van der Waals surface area contributed by atoms with Crippen LogP contribution < -0.4 is 4.74 Å². The summed E-state index contributed by atoms with van der Waals surface area (Å²) >= 11 is 0. The van der Waals surface area contributed by atoms with E-state index >= 15 is 0 Å². The lowest BCUT2D eigenvalue weighted by Gasteiger charge is -2.02. The molecule has 6 nitrogen and oxygen atoms in total. The zero-order chi connectivity index (χ0) is 11.7. The molecular formula is C10H10N2O4. The molecule has 0 fully saturated rings. The van der Waals surface area contributed by atoms with Crippen LogP contribution in [0.15, 0.2) is 18.3 Å². The number of hydrogen-bond donors (Lipinski definition) is 2. The lowest BCUT2D eigenvalue weighted by atomic mass is 10.3. The van der Waals surface area contributed by atoms with E-state index in [-0.39, 0.29) is 18.1 Å². The summed E-state index contributed by atoms with van der Waals surface area (Å²) in [5, 5.41) is 18.0. The molecule has 2 N–H and O–H groups in total. The summed E-state index contributed by atoms with van der Waals surface area (Å²) in [5.41, 5.74) is 0.351. The summed E-state index contributed by atoms with van der Waals surface area (Å²) in [4.78, 5) is 14.8. The SMILES string of the molecule is COc1ccc2c(C(=O)O)nc(CO)n2c1. The lowest BCUT2D eigenvalue weighted by Crippen LogP contribution is -1.97. The molecule has 16 heavy (non-hydrogen) atoms. The molecule has 0 aliphatic rings. The third-order valence-electron chi connectivity index (χ3n) is 2.26. The Hall–Kier alpha value is -2.08. The number of nitrogens with zero attached hydrogens (tertiary/aromatic N) is 2. The van der Waals surface area contributed by atoms with Crippen LogP contribution in [-0.2, 0) is 6.61 Å². The van der Waals surface area contributed by atoms with Gasteiger partial charge >= 0.3 is 5.97 Å². The molecule has 0 bridgehead atoms. The van der Waals surface area contributed by atoms with Gasteiger partial charge in [0.25, 0.3) is 0 Å². The minimum absolute atomic E-state index is 0.0771. The van der Waals surface area contributed by atoms with Crippen LogP contribution in [-0.4, -0.2) is 32.7 Å². The van der Waals surface area contributed by atoms with Gasteiger partial charge < -0.3 is 14.9 Å². The molecule has 2 aromatic heterocycles. The van der Waals surface area contributed by atoms with Crippen molar-refractivity contribution in [3.05, 3.63) is 29.8 Å². The number of rotatable bonds is 3. The number of carbonyl (C=O) groups is 1. The number of aliphatic hydroxyl groups excluding tert-OH is 1. The predicted molar refractivity (Wildman–Crippen MR) is 54.6 cm³/mol. The fraction of sp³-hybridized carbons (Fsp3) is 0.200. The maximum absolute atomic E-state index is 10.9. The minimum atomic E-state index is -1.12. The van der Waals surface area contributed by atoms with Gasteiger partial charge in [0, 0.05) is 0 Å². The Labute approximate surface area is 90.7 Å². The number of fused-ring (bicyclic) bond motifs is 1. The van der Waals surface area contributed by atoms with E-state index in [0.717, 1.165) is 0 Å². The summed E-state index contributed by atoms with van der Waals surface area (Å²) < 4.78 is 6.52. The maximum Gasteiger partial charge on any atom is 0.356 e. The molecule has 0 saturated carbocycles. The second kappa shape index (κ2) is 3.82. The van der Waals surface area contributed by atoms with Crippen molar-refractivity contribution in [3.8, 4) is 5.75 Å². The van der Waals surface area contributed by atoms with Crippen LogP contribution in [0.3, 0.4) is 0 Å². The highest BCUT2D eigenvalue weighted by Gasteiger charge is 2.16. The molecule has 0 atom stereocenters. The average Bonchev–Trinajstić information content (AvgIpc) is 2.66. The Morgan fingerprint density at radius 3 is 2.88 bits per heavy atom. The molecule has 2 aromatic rings. The Kier molecular flexibility index (Phi) is 2.49. The van der Waals surface area contributed by atoms with Crippen molar-refractivity contribution in [3.63, 3.8) is 0 Å². The summed E-state index contributed by atoms with van der Waals surface area (Å²) in [5.74, 6) is -0.287. The van der Waals surface area contributed by atoms with Crippen LogP contribution in [0, 0.1) is 0 Å². The van der Waals surface area contributed by atoms with E-state index in [1.54, 1.807) is 18.3 Å². The van der Waals surface area contributed by atoms with Gasteiger partial charge in [-0.05, 0) is 12.1 Å². The molecule has 0 saturated heterocycles. The highest BCUT2D eigenvalue weighted by Crippen LogP contribution is 2.18. The standard InChI is InChI=1S/C10H10N2O4/c1-16-6-2-3-7-9(10(14)15)11-8(5-13)12(7)4-6/h2-4,13H,5H2,1H3,(H,14,15). The number of hydrogen-bond acceptors (Lipinski definition) is 4. The Morgan fingerprint density at radius 1 is 1.56 bits per heavy atom. The largest absolute Gasteiger partial charge is 0.495 e. The van der Waals surface area contributed by atoms with Gasteiger partial charge in [-0.15, -0.1) is 0 Å². The van der Waals surface area contributed by atoms with Crippen LogP contribution in [0.5, 0.6) is 5.75 Å². The zero-order valence-corrected chi connectivity index (χ0v) is 8.54. The zero-order valence-electron chi connectivity index (χ0n) is 8.54. The van der Waals surface area contributed by atoms with E-state index < -0.39 is 5.97 Å². The van der Waals surface area contributed by atoms with Crippen LogP contribution in [0.1, 0.15) is 16.3 Å². The molecule has 0 spiro atoms.